The van der Waals surface area contributed by atoms with Crippen molar-refractivity contribution in [2.75, 3.05) is 18.6 Å². The van der Waals surface area contributed by atoms with Crippen LogP contribution in [0.1, 0.15) is 29.6 Å². The van der Waals surface area contributed by atoms with Gasteiger partial charge in [0, 0.05) is 25.0 Å². The normalized spacial score (nSPS) is 22.0. The predicted octanol–water partition coefficient (Wildman–Crippen LogP) is 2.08. The molecule has 0 bridgehead atoms. The van der Waals surface area contributed by atoms with E-state index in [4.69, 9.17) is 11.6 Å². The average molecular weight is 331 g/mol. The van der Waals surface area contributed by atoms with Gasteiger partial charge in [-0.15, -0.1) is 0 Å². The van der Waals surface area contributed by atoms with Crippen molar-refractivity contribution in [2.24, 2.45) is 0 Å². The quantitative estimate of drug-likeness (QED) is 0.886. The van der Waals surface area contributed by atoms with E-state index in [2.05, 4.69) is 10.6 Å². The van der Waals surface area contributed by atoms with E-state index in [0.717, 1.165) is 12.8 Å². The molecule has 21 heavy (non-hydrogen) atoms. The molecule has 116 valence electrons. The van der Waals surface area contributed by atoms with E-state index in [0.29, 0.717) is 22.7 Å². The number of hydrogen-bond acceptors (Lipinski definition) is 4. The van der Waals surface area contributed by atoms with E-state index in [1.165, 1.54) is 13.3 Å². The summed E-state index contributed by atoms with van der Waals surface area (Å²) in [6.07, 6.45) is 3.63. The second kappa shape index (κ2) is 6.23. The van der Waals surface area contributed by atoms with Crippen LogP contribution in [0, 0.1) is 0 Å². The Balaban J connectivity index is 2.22. The second-order valence-electron chi connectivity index (χ2n) is 5.32. The predicted molar refractivity (Wildman–Crippen MR) is 84.7 cm³/mol. The van der Waals surface area contributed by atoms with Gasteiger partial charge in [-0.25, -0.2) is 8.42 Å². The van der Waals surface area contributed by atoms with Crippen molar-refractivity contribution in [1.29, 1.82) is 0 Å². The lowest BCUT2D eigenvalue weighted by Gasteiger charge is -2.21. The molecular formula is C14H19ClN2O3S. The van der Waals surface area contributed by atoms with Gasteiger partial charge in [0.2, 0.25) is 0 Å². The molecule has 2 N–H and O–H groups in total. The highest BCUT2D eigenvalue weighted by Gasteiger charge is 2.34. The van der Waals surface area contributed by atoms with Crippen LogP contribution in [0.25, 0.3) is 0 Å². The fraction of sp³-hybridized carbons (Fsp3) is 0.500. The van der Waals surface area contributed by atoms with Gasteiger partial charge in [0.15, 0.2) is 9.84 Å². The number of sulfone groups is 1. The number of hydrogen-bond donors (Lipinski definition) is 2. The lowest BCUT2D eigenvalue weighted by Crippen LogP contribution is -2.34. The molecule has 7 heteroatoms. The monoisotopic (exact) mass is 330 g/mol. The zero-order valence-electron chi connectivity index (χ0n) is 12.0. The van der Waals surface area contributed by atoms with Crippen LogP contribution in [0.5, 0.6) is 0 Å². The largest absolute Gasteiger partial charge is 0.381 e. The number of rotatable bonds is 4. The van der Waals surface area contributed by atoms with Crippen molar-refractivity contribution in [1.82, 2.24) is 5.32 Å². The van der Waals surface area contributed by atoms with E-state index in [9.17, 15) is 13.2 Å². The molecule has 1 amide bonds. The third-order valence-corrected chi connectivity index (χ3v) is 5.79. The zero-order valence-corrected chi connectivity index (χ0v) is 13.6. The minimum Gasteiger partial charge on any atom is -0.381 e. The van der Waals surface area contributed by atoms with Gasteiger partial charge in [0.25, 0.3) is 5.91 Å². The Morgan fingerprint density at radius 1 is 1.33 bits per heavy atom. The summed E-state index contributed by atoms with van der Waals surface area (Å²) in [5, 5.41) is 5.74. The number of carbonyl (C=O) groups is 1. The molecule has 0 aliphatic heterocycles. The first-order valence-electron chi connectivity index (χ1n) is 6.80. The number of nitrogens with one attached hydrogen (secondary N) is 2. The maximum Gasteiger partial charge on any atom is 0.252 e. The highest BCUT2D eigenvalue weighted by Crippen LogP contribution is 2.29. The fourth-order valence-electron chi connectivity index (χ4n) is 2.74. The molecule has 1 aromatic carbocycles. The van der Waals surface area contributed by atoms with Gasteiger partial charge < -0.3 is 10.6 Å². The number of amides is 1. The van der Waals surface area contributed by atoms with Gasteiger partial charge in [0.1, 0.15) is 0 Å². The summed E-state index contributed by atoms with van der Waals surface area (Å²) >= 11 is 6.00. The van der Waals surface area contributed by atoms with Gasteiger partial charge >= 0.3 is 0 Å². The first-order valence-corrected chi connectivity index (χ1v) is 9.13. The molecular weight excluding hydrogens is 312 g/mol. The molecule has 2 rings (SSSR count). The summed E-state index contributed by atoms with van der Waals surface area (Å²) in [6.45, 7) is 0. The van der Waals surface area contributed by atoms with Gasteiger partial charge in [-0.05, 0) is 37.5 Å². The number of halogens is 1. The van der Waals surface area contributed by atoms with Crippen molar-refractivity contribution >= 4 is 33.0 Å². The molecule has 2 atom stereocenters. The molecule has 0 spiro atoms. The average Bonchev–Trinajstić information content (AvgIpc) is 2.88. The van der Waals surface area contributed by atoms with Crippen molar-refractivity contribution in [2.45, 2.75) is 30.6 Å². The molecule has 1 aliphatic carbocycles. The molecule has 0 aromatic heterocycles. The lowest BCUT2D eigenvalue weighted by atomic mass is 10.1. The summed E-state index contributed by atoms with van der Waals surface area (Å²) < 4.78 is 23.6. The second-order valence-corrected chi connectivity index (χ2v) is 8.00. The first kappa shape index (κ1) is 16.1. The summed E-state index contributed by atoms with van der Waals surface area (Å²) in [5.41, 5.74) is 1.08. The van der Waals surface area contributed by atoms with Crippen LogP contribution in [0.2, 0.25) is 5.02 Å². The molecule has 1 aliphatic rings. The molecule has 1 aromatic rings. The molecule has 5 nitrogen and oxygen atoms in total. The van der Waals surface area contributed by atoms with Crippen molar-refractivity contribution in [3.05, 3.63) is 28.8 Å². The van der Waals surface area contributed by atoms with E-state index in [1.54, 1.807) is 18.2 Å². The number of carbonyl (C=O) groups excluding carboxylic acids is 1. The highest BCUT2D eigenvalue weighted by atomic mass is 35.5. The van der Waals surface area contributed by atoms with Crippen LogP contribution < -0.4 is 10.6 Å². The minimum atomic E-state index is -3.08. The van der Waals surface area contributed by atoms with E-state index >= 15 is 0 Å². The molecule has 1 fully saturated rings. The van der Waals surface area contributed by atoms with Crippen LogP contribution in [0.4, 0.5) is 5.69 Å². The Labute approximate surface area is 130 Å². The van der Waals surface area contributed by atoms with Crippen LogP contribution >= 0.6 is 11.6 Å². The SMILES string of the molecule is CNC(=O)c1cc(NC2CCCC2S(C)(=O)=O)ccc1Cl. The van der Waals surface area contributed by atoms with Gasteiger partial charge in [0.05, 0.1) is 15.8 Å². The fourth-order valence-corrected chi connectivity index (χ4v) is 4.34. The Bertz CT molecular complexity index is 646. The number of anilines is 1. The third kappa shape index (κ3) is 3.68. The van der Waals surface area contributed by atoms with Crippen LogP contribution in [-0.2, 0) is 9.84 Å². The highest BCUT2D eigenvalue weighted by molar-refractivity contribution is 7.91. The number of benzene rings is 1. The van der Waals surface area contributed by atoms with Crippen molar-refractivity contribution in [3.63, 3.8) is 0 Å². The lowest BCUT2D eigenvalue weighted by molar-refractivity contribution is 0.0963. The van der Waals surface area contributed by atoms with Gasteiger partial charge in [-0.2, -0.15) is 0 Å². The minimum absolute atomic E-state index is 0.126. The zero-order chi connectivity index (χ0) is 15.6. The van der Waals surface area contributed by atoms with Crippen LogP contribution in [0.3, 0.4) is 0 Å². The van der Waals surface area contributed by atoms with E-state index in [-0.39, 0.29) is 17.2 Å². The molecule has 2 unspecified atom stereocenters. The summed E-state index contributed by atoms with van der Waals surface area (Å²) in [7, 11) is -1.54. The Kier molecular flexibility index (Phi) is 4.78. The van der Waals surface area contributed by atoms with Crippen molar-refractivity contribution < 1.29 is 13.2 Å². The Hall–Kier alpha value is -1.27. The maximum atomic E-state index is 11.8. The standard InChI is InChI=1S/C14H19ClN2O3S/c1-16-14(18)10-8-9(6-7-11(10)15)17-12-4-3-5-13(12)21(2,19)20/h6-8,12-13,17H,3-5H2,1-2H3,(H,16,18). The molecule has 0 saturated heterocycles. The van der Waals surface area contributed by atoms with E-state index < -0.39 is 9.84 Å². The summed E-state index contributed by atoms with van der Waals surface area (Å²) in [4.78, 5) is 11.7. The molecule has 0 heterocycles. The Morgan fingerprint density at radius 3 is 2.67 bits per heavy atom. The summed E-state index contributed by atoms with van der Waals surface area (Å²) in [6, 6.07) is 4.92. The maximum absolute atomic E-state index is 11.8. The van der Waals surface area contributed by atoms with Crippen LogP contribution in [0.15, 0.2) is 18.2 Å². The van der Waals surface area contributed by atoms with E-state index in [1.807, 2.05) is 0 Å². The van der Waals surface area contributed by atoms with Gasteiger partial charge in [-0.3, -0.25) is 4.79 Å². The molecule has 0 radical (unpaired) electrons. The topological polar surface area (TPSA) is 75.3 Å². The van der Waals surface area contributed by atoms with Crippen LogP contribution in [-0.4, -0.2) is 38.9 Å². The smallest absolute Gasteiger partial charge is 0.252 e. The Morgan fingerprint density at radius 2 is 2.05 bits per heavy atom. The third-order valence-electron chi connectivity index (χ3n) is 3.79. The molecule has 1 saturated carbocycles. The van der Waals surface area contributed by atoms with Crippen molar-refractivity contribution in [3.8, 4) is 0 Å². The first-order chi connectivity index (χ1) is 9.82. The summed E-state index contributed by atoms with van der Waals surface area (Å²) in [5.74, 6) is -0.269. The van der Waals surface area contributed by atoms with Gasteiger partial charge in [-0.1, -0.05) is 11.6 Å².